The summed E-state index contributed by atoms with van der Waals surface area (Å²) in [7, 11) is 0. The number of carboxylic acid groups (broad SMARTS) is 2. The largest absolute Gasteiger partial charge is 0.480 e. The molecular formula is C13H18N2O6. The van der Waals surface area contributed by atoms with Gasteiger partial charge in [-0.2, -0.15) is 0 Å². The number of hydrogen-bond donors (Lipinski definition) is 2. The minimum absolute atomic E-state index is 0.215. The van der Waals surface area contributed by atoms with Gasteiger partial charge < -0.3 is 20.0 Å². The Morgan fingerprint density at radius 1 is 0.714 bits per heavy atom. The molecule has 116 valence electrons. The lowest BCUT2D eigenvalue weighted by molar-refractivity contribution is -0.161. The highest BCUT2D eigenvalue weighted by Crippen LogP contribution is 2.21. The summed E-state index contributed by atoms with van der Waals surface area (Å²) < 4.78 is 0. The van der Waals surface area contributed by atoms with E-state index in [9.17, 15) is 19.2 Å². The zero-order valence-corrected chi connectivity index (χ0v) is 11.5. The van der Waals surface area contributed by atoms with Crippen LogP contribution in [0.4, 0.5) is 0 Å². The summed E-state index contributed by atoms with van der Waals surface area (Å²) in [6, 6.07) is -1.99. The van der Waals surface area contributed by atoms with Gasteiger partial charge in [-0.3, -0.25) is 9.59 Å². The van der Waals surface area contributed by atoms with Gasteiger partial charge in [0, 0.05) is 13.1 Å². The topological polar surface area (TPSA) is 115 Å². The maximum Gasteiger partial charge on any atom is 0.326 e. The van der Waals surface area contributed by atoms with Crippen molar-refractivity contribution in [2.75, 3.05) is 13.1 Å². The number of nitrogens with zero attached hydrogens (tertiary/aromatic N) is 2. The molecule has 0 aromatic heterocycles. The normalized spacial score (nSPS) is 25.7. The van der Waals surface area contributed by atoms with Crippen LogP contribution in [0.1, 0.15) is 32.1 Å². The number of hydrogen-bond acceptors (Lipinski definition) is 4. The van der Waals surface area contributed by atoms with E-state index in [-0.39, 0.29) is 13.1 Å². The van der Waals surface area contributed by atoms with Crippen LogP contribution < -0.4 is 0 Å². The van der Waals surface area contributed by atoms with Crippen LogP contribution in [0.3, 0.4) is 0 Å². The van der Waals surface area contributed by atoms with Crippen LogP contribution >= 0.6 is 0 Å². The van der Waals surface area contributed by atoms with Crippen LogP contribution in [0.25, 0.3) is 0 Å². The summed E-state index contributed by atoms with van der Waals surface area (Å²) in [5.74, 6) is -4.09. The lowest BCUT2D eigenvalue weighted by atomic mass is 10.0. The number of piperidine rings is 1. The number of carbonyl (C=O) groups is 4. The molecule has 2 aliphatic heterocycles. The third-order valence-electron chi connectivity index (χ3n) is 4.03. The van der Waals surface area contributed by atoms with Crippen molar-refractivity contribution in [3.63, 3.8) is 0 Å². The molecule has 0 unspecified atom stereocenters. The van der Waals surface area contributed by atoms with Crippen LogP contribution in [-0.2, 0) is 19.2 Å². The van der Waals surface area contributed by atoms with Gasteiger partial charge >= 0.3 is 23.8 Å². The quantitative estimate of drug-likeness (QED) is 0.666. The van der Waals surface area contributed by atoms with E-state index >= 15 is 0 Å². The fourth-order valence-electron chi connectivity index (χ4n) is 2.94. The van der Waals surface area contributed by atoms with Crippen molar-refractivity contribution >= 4 is 23.8 Å². The zero-order chi connectivity index (χ0) is 15.6. The van der Waals surface area contributed by atoms with E-state index in [0.717, 1.165) is 9.80 Å². The first-order valence-electron chi connectivity index (χ1n) is 7.00. The van der Waals surface area contributed by atoms with Gasteiger partial charge in [0.2, 0.25) is 0 Å². The molecule has 8 heteroatoms. The second-order valence-corrected chi connectivity index (χ2v) is 5.34. The summed E-state index contributed by atoms with van der Waals surface area (Å²) in [5, 5.41) is 18.2. The molecule has 0 aromatic rings. The Labute approximate surface area is 121 Å². The van der Waals surface area contributed by atoms with Crippen molar-refractivity contribution in [2.24, 2.45) is 0 Å². The average Bonchev–Trinajstić information content (AvgIpc) is 2.95. The zero-order valence-electron chi connectivity index (χ0n) is 11.5. The van der Waals surface area contributed by atoms with Crippen molar-refractivity contribution in [2.45, 2.75) is 44.2 Å². The van der Waals surface area contributed by atoms with Gasteiger partial charge in [0.15, 0.2) is 0 Å². The van der Waals surface area contributed by atoms with E-state index in [1.54, 1.807) is 0 Å². The highest BCUT2D eigenvalue weighted by molar-refractivity contribution is 6.35. The van der Waals surface area contributed by atoms with Gasteiger partial charge in [0.1, 0.15) is 12.1 Å². The Balaban J connectivity index is 2.12. The molecule has 2 fully saturated rings. The summed E-state index contributed by atoms with van der Waals surface area (Å²) in [6.45, 7) is 0.431. The summed E-state index contributed by atoms with van der Waals surface area (Å²) >= 11 is 0. The number of rotatable bonds is 2. The van der Waals surface area contributed by atoms with Crippen LogP contribution in [0, 0.1) is 0 Å². The first-order valence-corrected chi connectivity index (χ1v) is 7.00. The lowest BCUT2D eigenvalue weighted by Gasteiger charge is -2.33. The SMILES string of the molecule is O=C(O)[C@H]1CCCCN1C(=O)C(=O)N1CCC[C@H]1C(=O)O. The van der Waals surface area contributed by atoms with Crippen LogP contribution in [0.5, 0.6) is 0 Å². The summed E-state index contributed by atoms with van der Waals surface area (Å²) in [5.41, 5.74) is 0. The Bertz CT molecular complexity index is 477. The molecule has 0 aliphatic carbocycles. The number of carbonyl (C=O) groups excluding carboxylic acids is 2. The smallest absolute Gasteiger partial charge is 0.326 e. The monoisotopic (exact) mass is 298 g/mol. The first kappa shape index (κ1) is 15.3. The van der Waals surface area contributed by atoms with Gasteiger partial charge in [-0.25, -0.2) is 9.59 Å². The Morgan fingerprint density at radius 3 is 1.62 bits per heavy atom. The minimum Gasteiger partial charge on any atom is -0.480 e. The van der Waals surface area contributed by atoms with Gasteiger partial charge in [-0.1, -0.05) is 0 Å². The van der Waals surface area contributed by atoms with E-state index in [1.807, 2.05) is 0 Å². The maximum absolute atomic E-state index is 12.2. The highest BCUT2D eigenvalue weighted by atomic mass is 16.4. The molecule has 0 bridgehead atoms. The highest BCUT2D eigenvalue weighted by Gasteiger charge is 2.41. The van der Waals surface area contributed by atoms with E-state index in [2.05, 4.69) is 0 Å². The Morgan fingerprint density at radius 2 is 1.14 bits per heavy atom. The Kier molecular flexibility index (Phi) is 4.44. The number of carboxylic acids is 2. The predicted molar refractivity (Wildman–Crippen MR) is 69.4 cm³/mol. The number of amides is 2. The minimum atomic E-state index is -1.14. The van der Waals surface area contributed by atoms with Crippen molar-refractivity contribution in [1.29, 1.82) is 0 Å². The summed E-state index contributed by atoms with van der Waals surface area (Å²) in [6.07, 6.45) is 2.49. The molecule has 0 aromatic carbocycles. The standard InChI is InChI=1S/C13H18N2O6/c16-10(14-6-2-1-4-8(14)12(18)19)11(17)15-7-3-5-9(15)13(20)21/h8-9H,1-7H2,(H,18,19)(H,20,21)/t8-,9+/m1/s1. The van der Waals surface area contributed by atoms with Gasteiger partial charge in [0.25, 0.3) is 0 Å². The molecule has 0 spiro atoms. The third kappa shape index (κ3) is 2.98. The van der Waals surface area contributed by atoms with Crippen molar-refractivity contribution in [1.82, 2.24) is 9.80 Å². The molecule has 2 atom stereocenters. The first-order chi connectivity index (χ1) is 9.93. The molecule has 2 amide bonds. The Hall–Kier alpha value is -2.12. The fourth-order valence-corrected chi connectivity index (χ4v) is 2.94. The van der Waals surface area contributed by atoms with Crippen LogP contribution in [0.15, 0.2) is 0 Å². The molecule has 0 radical (unpaired) electrons. The molecular weight excluding hydrogens is 280 g/mol. The molecule has 2 heterocycles. The maximum atomic E-state index is 12.2. The second kappa shape index (κ2) is 6.11. The summed E-state index contributed by atoms with van der Waals surface area (Å²) in [4.78, 5) is 48.8. The van der Waals surface area contributed by atoms with E-state index < -0.39 is 35.8 Å². The second-order valence-electron chi connectivity index (χ2n) is 5.34. The van der Waals surface area contributed by atoms with Crippen LogP contribution in [0.2, 0.25) is 0 Å². The number of aliphatic carboxylic acids is 2. The molecule has 2 N–H and O–H groups in total. The van der Waals surface area contributed by atoms with E-state index in [1.165, 1.54) is 0 Å². The van der Waals surface area contributed by atoms with Gasteiger partial charge in [-0.15, -0.1) is 0 Å². The lowest BCUT2D eigenvalue weighted by Crippen LogP contribution is -2.55. The third-order valence-corrected chi connectivity index (χ3v) is 4.03. The molecule has 2 saturated heterocycles. The number of likely N-dealkylation sites (tertiary alicyclic amines) is 2. The molecule has 2 rings (SSSR count). The fraction of sp³-hybridized carbons (Fsp3) is 0.692. The van der Waals surface area contributed by atoms with Crippen molar-refractivity contribution in [3.05, 3.63) is 0 Å². The van der Waals surface area contributed by atoms with Gasteiger partial charge in [0.05, 0.1) is 0 Å². The molecule has 21 heavy (non-hydrogen) atoms. The van der Waals surface area contributed by atoms with E-state index in [4.69, 9.17) is 10.2 Å². The molecule has 2 aliphatic rings. The molecule has 8 nitrogen and oxygen atoms in total. The molecule has 0 saturated carbocycles. The van der Waals surface area contributed by atoms with Crippen molar-refractivity contribution < 1.29 is 29.4 Å². The van der Waals surface area contributed by atoms with Crippen LogP contribution in [-0.4, -0.2) is 68.9 Å². The van der Waals surface area contributed by atoms with Gasteiger partial charge in [-0.05, 0) is 32.1 Å². The van der Waals surface area contributed by atoms with Crippen molar-refractivity contribution in [3.8, 4) is 0 Å². The van der Waals surface area contributed by atoms with E-state index in [0.29, 0.717) is 32.1 Å². The average molecular weight is 298 g/mol. The predicted octanol–water partition coefficient (Wildman–Crippen LogP) is -0.472.